The number of nitrogens with zero attached hydrogens (tertiary/aromatic N) is 3. The molecule has 256 valence electrons. The Labute approximate surface area is 313 Å². The van der Waals surface area contributed by atoms with Crippen molar-refractivity contribution >= 4 is 55.3 Å². The predicted octanol–water partition coefficient (Wildman–Crippen LogP) is 12.5. The number of fused-ring (bicyclic) bond motifs is 9. The number of hydrogen-bond donors (Lipinski definition) is 0. The molecule has 0 bridgehead atoms. The molecule has 9 aromatic rings. The van der Waals surface area contributed by atoms with Crippen LogP contribution >= 0.6 is 0 Å². The highest BCUT2D eigenvalue weighted by Gasteiger charge is 2.36. The molecule has 11 rings (SSSR count). The van der Waals surface area contributed by atoms with Gasteiger partial charge >= 0.3 is 0 Å². The van der Waals surface area contributed by atoms with Gasteiger partial charge in [0, 0.05) is 55.4 Å². The third kappa shape index (κ3) is 4.43. The van der Waals surface area contributed by atoms with Crippen LogP contribution in [0, 0.1) is 0 Å². The van der Waals surface area contributed by atoms with E-state index in [-0.39, 0.29) is 11.5 Å². The highest BCUT2D eigenvalue weighted by atomic mass is 16.3. The maximum Gasteiger partial charge on any atom is 0.156 e. The van der Waals surface area contributed by atoms with E-state index < -0.39 is 0 Å². The summed E-state index contributed by atoms with van der Waals surface area (Å²) in [5, 5.41) is 4.65. The van der Waals surface area contributed by atoms with Gasteiger partial charge in [0.25, 0.3) is 0 Å². The lowest BCUT2D eigenvalue weighted by molar-refractivity contribution is 0.661. The van der Waals surface area contributed by atoms with Gasteiger partial charge < -0.3 is 8.98 Å². The van der Waals surface area contributed by atoms with Crippen LogP contribution in [0.15, 0.2) is 184 Å². The number of rotatable bonds is 4. The Bertz CT molecular complexity index is 3090. The van der Waals surface area contributed by atoms with E-state index in [1.807, 2.05) is 36.4 Å². The summed E-state index contributed by atoms with van der Waals surface area (Å²) in [6.45, 7) is 9.17. The first-order valence-corrected chi connectivity index (χ1v) is 18.5. The zero-order valence-corrected chi connectivity index (χ0v) is 30.0. The van der Waals surface area contributed by atoms with Gasteiger partial charge in [-0.3, -0.25) is 4.99 Å². The number of amidine groups is 1. The molecule has 54 heavy (non-hydrogen) atoms. The van der Waals surface area contributed by atoms with Gasteiger partial charge in [0.1, 0.15) is 17.2 Å². The monoisotopic (exact) mass is 693 g/mol. The zero-order valence-electron chi connectivity index (χ0n) is 30.0. The molecule has 3 heterocycles. The zero-order chi connectivity index (χ0) is 36.1. The molecule has 0 saturated heterocycles. The Morgan fingerprint density at radius 2 is 1.28 bits per heavy atom. The summed E-state index contributed by atoms with van der Waals surface area (Å²) in [6, 6.07) is 55.7. The summed E-state index contributed by atoms with van der Waals surface area (Å²) in [5.74, 6) is 0.667. The average Bonchev–Trinajstić information content (AvgIpc) is 3.82. The normalized spacial score (nSPS) is 16.2. The van der Waals surface area contributed by atoms with Crippen LogP contribution in [0.1, 0.15) is 47.7 Å². The van der Waals surface area contributed by atoms with Crippen LogP contribution in [0.3, 0.4) is 0 Å². The van der Waals surface area contributed by atoms with Crippen LogP contribution in [0.4, 0.5) is 0 Å². The van der Waals surface area contributed by atoms with Gasteiger partial charge in [0.05, 0.1) is 16.7 Å². The third-order valence-corrected chi connectivity index (χ3v) is 11.6. The first kappa shape index (κ1) is 30.8. The average molecular weight is 694 g/mol. The Morgan fingerprint density at radius 3 is 2.11 bits per heavy atom. The van der Waals surface area contributed by atoms with E-state index in [2.05, 4.69) is 146 Å². The highest BCUT2D eigenvalue weighted by molar-refractivity contribution is 6.22. The SMILES string of the molecule is C=C1C(c2ccccc2)=NC(c2ccc3c(c2)oc2cc(-n4c5ccccc5c5cc6c(cc54)-c4ccccc4C6(C)C)ccc23)=NC1c1ccccc1. The molecule has 2 aromatic heterocycles. The molecule has 1 aliphatic carbocycles. The van der Waals surface area contributed by atoms with Crippen molar-refractivity contribution in [2.75, 3.05) is 0 Å². The fraction of sp³-hybridized carbons (Fsp3) is 0.0800. The Balaban J connectivity index is 1.06. The van der Waals surface area contributed by atoms with E-state index in [1.165, 1.54) is 44.1 Å². The summed E-state index contributed by atoms with van der Waals surface area (Å²) >= 11 is 0. The number of benzene rings is 7. The molecule has 0 radical (unpaired) electrons. The first-order valence-electron chi connectivity index (χ1n) is 18.5. The van der Waals surface area contributed by atoms with E-state index >= 15 is 0 Å². The molecular formula is C50H35N3O. The highest BCUT2D eigenvalue weighted by Crippen LogP contribution is 2.51. The standard InChI is InChI=1S/C50H35N3O/c1-30-47(31-14-6-4-7-15-31)51-49(52-48(30)32-16-8-5-9-17-32)33-22-24-37-38-25-23-34(27-46(38)54-45(37)26-33)53-43-21-13-11-19-36(43)40-28-42-39(29-44(40)53)35-18-10-12-20-41(35)50(42,2)3/h4-29,47H,1H2,2-3H3. The molecule has 4 heteroatoms. The van der Waals surface area contributed by atoms with Gasteiger partial charge in [-0.15, -0.1) is 0 Å². The van der Waals surface area contributed by atoms with Crippen LogP contribution in [-0.4, -0.2) is 16.1 Å². The topological polar surface area (TPSA) is 42.8 Å². The third-order valence-electron chi connectivity index (χ3n) is 11.6. The molecule has 0 N–H and O–H groups in total. The molecule has 1 aliphatic heterocycles. The van der Waals surface area contributed by atoms with Gasteiger partial charge in [-0.25, -0.2) is 4.99 Å². The largest absolute Gasteiger partial charge is 0.456 e. The van der Waals surface area contributed by atoms with E-state index in [0.29, 0.717) is 5.84 Å². The van der Waals surface area contributed by atoms with E-state index in [9.17, 15) is 0 Å². The first-order chi connectivity index (χ1) is 26.4. The summed E-state index contributed by atoms with van der Waals surface area (Å²) in [7, 11) is 0. The molecule has 2 aliphatic rings. The summed E-state index contributed by atoms with van der Waals surface area (Å²) < 4.78 is 9.10. The van der Waals surface area contributed by atoms with E-state index in [0.717, 1.165) is 55.6 Å². The minimum Gasteiger partial charge on any atom is -0.456 e. The van der Waals surface area contributed by atoms with Crippen LogP contribution in [0.25, 0.3) is 60.6 Å². The second-order valence-corrected chi connectivity index (χ2v) is 15.0. The lowest BCUT2D eigenvalue weighted by atomic mass is 9.82. The van der Waals surface area contributed by atoms with E-state index in [4.69, 9.17) is 14.4 Å². The smallest absolute Gasteiger partial charge is 0.156 e. The number of aromatic nitrogens is 1. The molecular weight excluding hydrogens is 659 g/mol. The number of hydrogen-bond acceptors (Lipinski definition) is 3. The Kier molecular flexibility index (Phi) is 6.48. The second kappa shape index (κ2) is 11.4. The van der Waals surface area contributed by atoms with Crippen LogP contribution in [-0.2, 0) is 5.41 Å². The lowest BCUT2D eigenvalue weighted by Crippen LogP contribution is -2.20. The number of furan rings is 1. The van der Waals surface area contributed by atoms with Crippen molar-refractivity contribution in [3.8, 4) is 16.8 Å². The molecule has 7 aromatic carbocycles. The molecule has 0 fully saturated rings. The van der Waals surface area contributed by atoms with Crippen LogP contribution in [0.2, 0.25) is 0 Å². The van der Waals surface area contributed by atoms with Crippen molar-refractivity contribution in [3.63, 3.8) is 0 Å². The van der Waals surface area contributed by atoms with Crippen molar-refractivity contribution in [2.24, 2.45) is 9.98 Å². The van der Waals surface area contributed by atoms with Gasteiger partial charge in [-0.2, -0.15) is 0 Å². The minimum absolute atomic E-state index is 0.0661. The Morgan fingerprint density at radius 1 is 0.574 bits per heavy atom. The summed E-state index contributed by atoms with van der Waals surface area (Å²) in [6.07, 6.45) is 0. The van der Waals surface area contributed by atoms with Crippen molar-refractivity contribution in [3.05, 3.63) is 198 Å². The fourth-order valence-electron chi connectivity index (χ4n) is 8.92. The quantitative estimate of drug-likeness (QED) is 0.181. The van der Waals surface area contributed by atoms with Gasteiger partial charge in [-0.05, 0) is 70.3 Å². The number of para-hydroxylation sites is 1. The Hall–Kier alpha value is -6.78. The van der Waals surface area contributed by atoms with Gasteiger partial charge in [-0.1, -0.05) is 130 Å². The van der Waals surface area contributed by atoms with Crippen molar-refractivity contribution in [1.82, 2.24) is 4.57 Å². The predicted molar refractivity (Wildman–Crippen MR) is 223 cm³/mol. The molecule has 1 atom stereocenters. The summed E-state index contributed by atoms with van der Waals surface area (Å²) in [5.41, 5.74) is 15.2. The van der Waals surface area contributed by atoms with Crippen molar-refractivity contribution in [1.29, 1.82) is 0 Å². The maximum atomic E-state index is 6.70. The molecule has 0 amide bonds. The number of aliphatic imine (C=N–C) groups is 2. The van der Waals surface area contributed by atoms with Crippen LogP contribution < -0.4 is 0 Å². The summed E-state index contributed by atoms with van der Waals surface area (Å²) in [4.78, 5) is 10.3. The van der Waals surface area contributed by atoms with Crippen LogP contribution in [0.5, 0.6) is 0 Å². The molecule has 0 spiro atoms. The van der Waals surface area contributed by atoms with Crippen molar-refractivity contribution in [2.45, 2.75) is 25.3 Å². The molecule has 1 unspecified atom stereocenters. The minimum atomic E-state index is -0.241. The fourth-order valence-corrected chi connectivity index (χ4v) is 8.92. The maximum absolute atomic E-state index is 6.70. The van der Waals surface area contributed by atoms with Gasteiger partial charge in [0.15, 0.2) is 5.84 Å². The van der Waals surface area contributed by atoms with Crippen molar-refractivity contribution < 1.29 is 4.42 Å². The second-order valence-electron chi connectivity index (χ2n) is 15.0. The van der Waals surface area contributed by atoms with E-state index in [1.54, 1.807) is 0 Å². The van der Waals surface area contributed by atoms with Gasteiger partial charge in [0.2, 0.25) is 0 Å². The molecule has 0 saturated carbocycles. The lowest BCUT2D eigenvalue weighted by Gasteiger charge is -2.23. The molecule has 4 nitrogen and oxygen atoms in total.